The maximum Gasteiger partial charge on any atom is 0.372 e. The lowest BCUT2D eigenvalue weighted by molar-refractivity contribution is -0.159. The lowest BCUT2D eigenvalue weighted by atomic mass is 10.0. The number of pyridine rings is 1. The zero-order valence-electron chi connectivity index (χ0n) is 19.8. The van der Waals surface area contributed by atoms with Gasteiger partial charge in [0.05, 0.1) is 16.9 Å². The van der Waals surface area contributed by atoms with Gasteiger partial charge in [0, 0.05) is 25.2 Å². The number of ether oxygens (including phenoxy) is 1. The van der Waals surface area contributed by atoms with E-state index >= 15 is 0 Å². The number of nitrogens with one attached hydrogen (secondary N) is 3. The fourth-order valence-electron chi connectivity index (χ4n) is 2.81. The molecular formula is C22H33N6O5+. The highest BCUT2D eigenvalue weighted by atomic mass is 16.6. The number of aromatic nitrogens is 1. The van der Waals surface area contributed by atoms with E-state index in [0.717, 1.165) is 11.8 Å². The summed E-state index contributed by atoms with van der Waals surface area (Å²) in [6.45, 7) is 5.14. The zero-order valence-corrected chi connectivity index (χ0v) is 19.8. The van der Waals surface area contributed by atoms with Crippen molar-refractivity contribution in [3.05, 3.63) is 30.1 Å². The smallest absolute Gasteiger partial charge is 0.372 e. The molecule has 0 fully saturated rings. The van der Waals surface area contributed by atoms with E-state index < -0.39 is 35.3 Å². The van der Waals surface area contributed by atoms with Crippen LogP contribution in [0.25, 0.3) is 0 Å². The number of amides is 2. The van der Waals surface area contributed by atoms with Crippen LogP contribution >= 0.6 is 0 Å². The van der Waals surface area contributed by atoms with E-state index in [0.29, 0.717) is 0 Å². The molecule has 0 aliphatic carbocycles. The Hall–Kier alpha value is -3.43. The third kappa shape index (κ3) is 11.7. The summed E-state index contributed by atoms with van der Waals surface area (Å²) < 4.78 is 5.39. The average Bonchev–Trinajstić information content (AvgIpc) is 2.69. The summed E-state index contributed by atoms with van der Waals surface area (Å²) in [6, 6.07) is 1.39. The number of ketones is 1. The lowest BCUT2D eigenvalue weighted by Gasteiger charge is -2.26. The molecule has 3 N–H and O–H groups in total. The first-order valence-corrected chi connectivity index (χ1v) is 10.5. The van der Waals surface area contributed by atoms with Gasteiger partial charge in [-0.05, 0) is 52.9 Å². The van der Waals surface area contributed by atoms with E-state index in [9.17, 15) is 19.2 Å². The minimum absolute atomic E-state index is 0.0449. The fraction of sp³-hybridized carbons (Fsp3) is 0.545. The molecule has 0 aliphatic heterocycles. The molecule has 0 saturated heterocycles. The maximum absolute atomic E-state index is 13.1. The summed E-state index contributed by atoms with van der Waals surface area (Å²) in [6.07, 6.45) is 4.01. The van der Waals surface area contributed by atoms with Crippen LogP contribution in [0.1, 0.15) is 39.2 Å². The molecule has 11 nitrogen and oxygen atoms in total. The minimum atomic E-state index is -1.12. The van der Waals surface area contributed by atoms with Gasteiger partial charge in [0.15, 0.2) is 0 Å². The summed E-state index contributed by atoms with van der Waals surface area (Å²) >= 11 is 0. The van der Waals surface area contributed by atoms with Crippen molar-refractivity contribution in [2.45, 2.75) is 57.7 Å². The van der Waals surface area contributed by atoms with Crippen molar-refractivity contribution in [3.63, 3.8) is 0 Å². The second kappa shape index (κ2) is 13.2. The van der Waals surface area contributed by atoms with Gasteiger partial charge in [-0.1, -0.05) is 6.07 Å². The minimum Gasteiger partial charge on any atom is -0.458 e. The Kier molecular flexibility index (Phi) is 11.0. The van der Waals surface area contributed by atoms with Gasteiger partial charge < -0.3 is 20.3 Å². The predicted octanol–water partition coefficient (Wildman–Crippen LogP) is 0.156. The van der Waals surface area contributed by atoms with Crippen molar-refractivity contribution in [1.82, 2.24) is 20.5 Å². The summed E-state index contributed by atoms with van der Waals surface area (Å²) in [5.41, 5.74) is 6.67. The van der Waals surface area contributed by atoms with Crippen LogP contribution in [0.4, 0.5) is 0 Å². The molecule has 33 heavy (non-hydrogen) atoms. The third-order valence-electron chi connectivity index (χ3n) is 4.17. The van der Waals surface area contributed by atoms with E-state index in [1.807, 2.05) is 0 Å². The highest BCUT2D eigenvalue weighted by Gasteiger charge is 2.30. The van der Waals surface area contributed by atoms with Crippen molar-refractivity contribution in [2.75, 3.05) is 20.6 Å². The van der Waals surface area contributed by atoms with Gasteiger partial charge in [0.2, 0.25) is 17.6 Å². The maximum atomic E-state index is 13.1. The fourth-order valence-corrected chi connectivity index (χ4v) is 2.81. The number of nitrogens with zero attached hydrogens (tertiary/aromatic N) is 3. The second-order valence-corrected chi connectivity index (χ2v) is 8.78. The third-order valence-corrected chi connectivity index (χ3v) is 4.17. The molecular weight excluding hydrogens is 428 g/mol. The van der Waals surface area contributed by atoms with Gasteiger partial charge in [0.25, 0.3) is 0 Å². The number of carbonyl (C=O) groups excluding carboxylic acids is 4. The first-order chi connectivity index (χ1) is 15.4. The first kappa shape index (κ1) is 27.6. The van der Waals surface area contributed by atoms with Crippen LogP contribution in [0.2, 0.25) is 0 Å². The molecule has 0 aliphatic rings. The predicted molar refractivity (Wildman–Crippen MR) is 119 cm³/mol. The molecule has 0 bridgehead atoms. The number of carbonyl (C=O) groups is 4. The first-order valence-electron chi connectivity index (χ1n) is 10.5. The Bertz CT molecular complexity index is 875. The Morgan fingerprint density at radius 1 is 1.21 bits per heavy atom. The molecule has 0 saturated carbocycles. The summed E-state index contributed by atoms with van der Waals surface area (Å²) in [7, 11) is 3.46. The molecule has 1 aromatic rings. The molecule has 1 aromatic heterocycles. The Morgan fingerprint density at radius 2 is 1.91 bits per heavy atom. The summed E-state index contributed by atoms with van der Waals surface area (Å²) in [5.74, 6) is -2.12. The van der Waals surface area contributed by atoms with Gasteiger partial charge in [-0.15, -0.1) is 0 Å². The van der Waals surface area contributed by atoms with E-state index in [4.69, 9.17) is 10.3 Å². The van der Waals surface area contributed by atoms with Crippen molar-refractivity contribution >= 4 is 29.8 Å². The molecule has 0 radical (unpaired) electrons. The number of hydrogen-bond acceptors (Lipinski definition) is 8. The monoisotopic (exact) mass is 461 g/mol. The highest BCUT2D eigenvalue weighted by Crippen LogP contribution is 2.12. The molecule has 180 valence electrons. The van der Waals surface area contributed by atoms with E-state index in [1.54, 1.807) is 64.3 Å². The van der Waals surface area contributed by atoms with Crippen molar-refractivity contribution in [3.8, 4) is 0 Å². The molecule has 2 atom stereocenters. The molecule has 2 amide bonds. The van der Waals surface area contributed by atoms with Crippen LogP contribution in [0, 0.1) is 5.53 Å². The van der Waals surface area contributed by atoms with Gasteiger partial charge in [-0.3, -0.25) is 19.4 Å². The van der Waals surface area contributed by atoms with E-state index in [2.05, 4.69) is 20.4 Å². The van der Waals surface area contributed by atoms with Crippen LogP contribution < -0.4 is 10.6 Å². The molecule has 11 heteroatoms. The normalized spacial score (nSPS) is 12.8. The summed E-state index contributed by atoms with van der Waals surface area (Å²) in [5, 5.41) is 5.30. The van der Waals surface area contributed by atoms with Crippen LogP contribution in [-0.2, 0) is 30.3 Å². The largest absolute Gasteiger partial charge is 0.458 e. The second-order valence-electron chi connectivity index (χ2n) is 8.78. The van der Waals surface area contributed by atoms with E-state index in [-0.39, 0.29) is 31.7 Å². The van der Waals surface area contributed by atoms with Crippen LogP contribution in [0.3, 0.4) is 0 Å². The van der Waals surface area contributed by atoms with Gasteiger partial charge >= 0.3 is 12.2 Å². The lowest BCUT2D eigenvalue weighted by Crippen LogP contribution is -2.54. The number of Topliss-reactive ketones (excluding diaryl/α,β-unsaturated/α-hetero) is 1. The van der Waals surface area contributed by atoms with Gasteiger partial charge in [-0.2, -0.15) is 0 Å². The Morgan fingerprint density at radius 3 is 2.45 bits per heavy atom. The number of esters is 1. The van der Waals surface area contributed by atoms with Crippen LogP contribution in [-0.4, -0.2) is 82.8 Å². The van der Waals surface area contributed by atoms with Crippen molar-refractivity contribution < 1.29 is 28.7 Å². The van der Waals surface area contributed by atoms with E-state index in [1.165, 1.54) is 0 Å². The average molecular weight is 462 g/mol. The van der Waals surface area contributed by atoms with Crippen molar-refractivity contribution in [2.24, 2.45) is 0 Å². The SMILES string of the molecule is CN(C)CC(=O)N[C@@H](Cc1cccnc1)C(=O)N[C@@H](CCC(=O)C=[N+]=N)C(=O)OC(C)(C)C. The van der Waals surface area contributed by atoms with Gasteiger partial charge in [-0.25, -0.2) is 4.79 Å². The quantitative estimate of drug-likeness (QED) is 0.173. The number of rotatable bonds is 12. The highest BCUT2D eigenvalue weighted by molar-refractivity contribution is 6.25. The Balaban J connectivity index is 3.06. The van der Waals surface area contributed by atoms with Crippen LogP contribution in [0.5, 0.6) is 0 Å². The summed E-state index contributed by atoms with van der Waals surface area (Å²) in [4.78, 5) is 58.5. The molecule has 1 heterocycles. The zero-order chi connectivity index (χ0) is 25.0. The molecule has 0 aromatic carbocycles. The Labute approximate surface area is 193 Å². The van der Waals surface area contributed by atoms with Crippen LogP contribution in [0.15, 0.2) is 24.5 Å². The molecule has 0 spiro atoms. The standard InChI is InChI=1S/C22H32N6O5/c1-22(2,3)33-21(32)17(9-8-16(29)13-25-23)27-20(31)18(26-19(30)14-28(4)5)11-15-7-6-10-24-12-15/h6-7,10,12-13,17-18,23H,8-9,11,14H2,1-5H3,(H-,26,27,30,31)/p+1/t17-,18-/m0/s1. The molecule has 0 unspecified atom stereocenters. The topological polar surface area (TPSA) is 156 Å². The van der Waals surface area contributed by atoms with Gasteiger partial charge in [0.1, 0.15) is 17.7 Å². The number of likely N-dealkylation sites (N-methyl/N-ethyl adjacent to an activating group) is 1. The molecule has 1 rings (SSSR count). The van der Waals surface area contributed by atoms with Crippen molar-refractivity contribution in [1.29, 1.82) is 5.53 Å². The number of hydrogen-bond donors (Lipinski definition) is 3.